The SMILES string of the molecule is O=Cc1ccccc1C(=O)Oc1c(F)c(F)c(F)c(F)c1F. The summed E-state index contributed by atoms with van der Waals surface area (Å²) in [6, 6.07) is 5.03. The first-order chi connectivity index (χ1) is 10.4. The molecule has 3 nitrogen and oxygen atoms in total. The van der Waals surface area contributed by atoms with Crippen LogP contribution in [0.2, 0.25) is 0 Å². The Balaban J connectivity index is 2.48. The summed E-state index contributed by atoms with van der Waals surface area (Å²) in [6.45, 7) is 0. The van der Waals surface area contributed by atoms with E-state index < -0.39 is 40.8 Å². The molecule has 0 aliphatic heterocycles. The van der Waals surface area contributed by atoms with Gasteiger partial charge in [0.15, 0.2) is 6.29 Å². The molecule has 0 saturated carbocycles. The summed E-state index contributed by atoms with van der Waals surface area (Å²) < 4.78 is 69.9. The van der Waals surface area contributed by atoms with Gasteiger partial charge in [-0.25, -0.2) is 18.0 Å². The monoisotopic (exact) mass is 316 g/mol. The van der Waals surface area contributed by atoms with Crippen LogP contribution in [-0.4, -0.2) is 12.3 Å². The number of carbonyl (C=O) groups is 2. The number of ether oxygens (including phenoxy) is 1. The molecule has 0 aliphatic carbocycles. The van der Waals surface area contributed by atoms with Crippen molar-refractivity contribution in [1.82, 2.24) is 0 Å². The van der Waals surface area contributed by atoms with Crippen LogP contribution >= 0.6 is 0 Å². The van der Waals surface area contributed by atoms with Crippen molar-refractivity contribution in [2.45, 2.75) is 0 Å². The number of benzene rings is 2. The van der Waals surface area contributed by atoms with Gasteiger partial charge in [-0.15, -0.1) is 0 Å². The topological polar surface area (TPSA) is 43.4 Å². The van der Waals surface area contributed by atoms with Crippen molar-refractivity contribution in [3.63, 3.8) is 0 Å². The fraction of sp³-hybridized carbons (Fsp3) is 0. The van der Waals surface area contributed by atoms with Gasteiger partial charge in [0.05, 0.1) is 5.56 Å². The van der Waals surface area contributed by atoms with Gasteiger partial charge in [-0.3, -0.25) is 4.79 Å². The van der Waals surface area contributed by atoms with Gasteiger partial charge in [-0.05, 0) is 6.07 Å². The summed E-state index contributed by atoms with van der Waals surface area (Å²) in [5.41, 5.74) is -0.558. The van der Waals surface area contributed by atoms with Crippen LogP contribution in [0.4, 0.5) is 22.0 Å². The van der Waals surface area contributed by atoms with Crippen molar-refractivity contribution >= 4 is 12.3 Å². The van der Waals surface area contributed by atoms with E-state index in [0.29, 0.717) is 0 Å². The Hall–Kier alpha value is -2.77. The lowest BCUT2D eigenvalue weighted by Gasteiger charge is -2.09. The molecular weight excluding hydrogens is 311 g/mol. The smallest absolute Gasteiger partial charge is 0.344 e. The van der Waals surface area contributed by atoms with E-state index in [0.717, 1.165) is 6.07 Å². The van der Waals surface area contributed by atoms with E-state index in [-0.39, 0.29) is 17.4 Å². The summed E-state index contributed by atoms with van der Waals surface area (Å²) in [6.07, 6.45) is 0.273. The maximum atomic E-state index is 13.4. The molecule has 2 aromatic carbocycles. The number of halogens is 5. The molecule has 0 bridgehead atoms. The minimum Gasteiger partial charge on any atom is -0.416 e. The third-order valence-electron chi connectivity index (χ3n) is 2.67. The van der Waals surface area contributed by atoms with Crippen molar-refractivity contribution in [2.75, 3.05) is 0 Å². The molecular formula is C14H5F5O3. The third kappa shape index (κ3) is 2.54. The second kappa shape index (κ2) is 5.92. The van der Waals surface area contributed by atoms with Crippen LogP contribution < -0.4 is 4.74 Å². The molecule has 0 aromatic heterocycles. The molecule has 0 heterocycles. The van der Waals surface area contributed by atoms with Gasteiger partial charge in [0, 0.05) is 5.56 Å². The number of esters is 1. The fourth-order valence-corrected chi connectivity index (χ4v) is 1.61. The average Bonchev–Trinajstić information content (AvgIpc) is 2.54. The number of hydrogen-bond acceptors (Lipinski definition) is 3. The molecule has 0 saturated heterocycles. The van der Waals surface area contributed by atoms with E-state index in [2.05, 4.69) is 4.74 Å². The first kappa shape index (κ1) is 15.6. The van der Waals surface area contributed by atoms with Crippen LogP contribution in [0.25, 0.3) is 0 Å². The summed E-state index contributed by atoms with van der Waals surface area (Å²) in [7, 11) is 0. The highest BCUT2D eigenvalue weighted by Gasteiger charge is 2.29. The van der Waals surface area contributed by atoms with Crippen LogP contribution in [0, 0.1) is 29.1 Å². The highest BCUT2D eigenvalue weighted by molar-refractivity contribution is 5.99. The molecule has 0 fully saturated rings. The molecule has 2 aromatic rings. The standard InChI is InChI=1S/C14H5F5O3/c15-8-9(16)11(18)13(12(19)10(8)17)22-14(21)7-4-2-1-3-6(7)5-20/h1-5H. The Morgan fingerprint density at radius 2 is 1.36 bits per heavy atom. The molecule has 2 rings (SSSR count). The molecule has 22 heavy (non-hydrogen) atoms. The summed E-state index contributed by atoms with van der Waals surface area (Å²) in [4.78, 5) is 22.5. The number of rotatable bonds is 3. The lowest BCUT2D eigenvalue weighted by molar-refractivity contribution is 0.0713. The molecule has 114 valence electrons. The lowest BCUT2D eigenvalue weighted by atomic mass is 10.1. The van der Waals surface area contributed by atoms with Crippen LogP contribution in [0.15, 0.2) is 24.3 Å². The molecule has 0 aliphatic rings. The quantitative estimate of drug-likeness (QED) is 0.218. The molecule has 0 spiro atoms. The molecule has 0 unspecified atom stereocenters. The van der Waals surface area contributed by atoms with E-state index in [1.165, 1.54) is 18.2 Å². The van der Waals surface area contributed by atoms with E-state index in [4.69, 9.17) is 0 Å². The average molecular weight is 316 g/mol. The second-order valence-corrected chi connectivity index (χ2v) is 3.99. The predicted molar refractivity (Wildman–Crippen MR) is 63.0 cm³/mol. The number of carbonyl (C=O) groups excluding carboxylic acids is 2. The minimum atomic E-state index is -2.37. The van der Waals surface area contributed by atoms with Gasteiger partial charge < -0.3 is 4.74 Å². The fourth-order valence-electron chi connectivity index (χ4n) is 1.61. The Kier molecular flexibility index (Phi) is 4.20. The van der Waals surface area contributed by atoms with Gasteiger partial charge in [0.25, 0.3) is 0 Å². The minimum absolute atomic E-state index is 0.170. The highest BCUT2D eigenvalue weighted by Crippen LogP contribution is 2.29. The third-order valence-corrected chi connectivity index (χ3v) is 2.67. The maximum Gasteiger partial charge on any atom is 0.344 e. The van der Waals surface area contributed by atoms with Gasteiger partial charge in [-0.2, -0.15) is 8.78 Å². The summed E-state index contributed by atoms with van der Waals surface area (Å²) in [5.74, 6) is -14.6. The van der Waals surface area contributed by atoms with Crippen molar-refractivity contribution in [2.24, 2.45) is 0 Å². The Labute approximate surface area is 119 Å². The van der Waals surface area contributed by atoms with E-state index in [1.807, 2.05) is 0 Å². The van der Waals surface area contributed by atoms with Gasteiger partial charge in [-0.1, -0.05) is 18.2 Å². The molecule has 8 heteroatoms. The van der Waals surface area contributed by atoms with E-state index in [1.54, 1.807) is 0 Å². The predicted octanol–water partition coefficient (Wildman–Crippen LogP) is 3.41. The molecule has 0 radical (unpaired) electrons. The zero-order valence-electron chi connectivity index (χ0n) is 10.5. The summed E-state index contributed by atoms with van der Waals surface area (Å²) >= 11 is 0. The number of aldehydes is 1. The Morgan fingerprint density at radius 1 is 0.864 bits per heavy atom. The molecule has 0 N–H and O–H groups in total. The Bertz CT molecular complexity index is 744. The lowest BCUT2D eigenvalue weighted by Crippen LogP contribution is -2.15. The van der Waals surface area contributed by atoms with Gasteiger partial charge in [0.2, 0.25) is 34.8 Å². The Morgan fingerprint density at radius 3 is 1.91 bits per heavy atom. The van der Waals surface area contributed by atoms with Crippen molar-refractivity contribution < 1.29 is 36.3 Å². The van der Waals surface area contributed by atoms with Crippen molar-refractivity contribution in [1.29, 1.82) is 0 Å². The normalized spacial score (nSPS) is 10.4. The first-order valence-corrected chi connectivity index (χ1v) is 5.66. The van der Waals surface area contributed by atoms with Crippen LogP contribution in [-0.2, 0) is 0 Å². The van der Waals surface area contributed by atoms with Crippen LogP contribution in [0.5, 0.6) is 5.75 Å². The first-order valence-electron chi connectivity index (χ1n) is 5.66. The molecule has 0 amide bonds. The maximum absolute atomic E-state index is 13.4. The number of hydrogen-bond donors (Lipinski definition) is 0. The highest BCUT2D eigenvalue weighted by atomic mass is 19.2. The summed E-state index contributed by atoms with van der Waals surface area (Å²) in [5, 5.41) is 0. The zero-order valence-corrected chi connectivity index (χ0v) is 10.5. The van der Waals surface area contributed by atoms with Gasteiger partial charge >= 0.3 is 5.97 Å². The van der Waals surface area contributed by atoms with Crippen molar-refractivity contribution in [3.8, 4) is 5.75 Å². The largest absolute Gasteiger partial charge is 0.416 e. The van der Waals surface area contributed by atoms with E-state index in [9.17, 15) is 31.5 Å². The second-order valence-electron chi connectivity index (χ2n) is 3.99. The van der Waals surface area contributed by atoms with E-state index >= 15 is 0 Å². The van der Waals surface area contributed by atoms with Crippen molar-refractivity contribution in [3.05, 3.63) is 64.5 Å². The van der Waals surface area contributed by atoms with Crippen LogP contribution in [0.3, 0.4) is 0 Å². The van der Waals surface area contributed by atoms with Crippen LogP contribution in [0.1, 0.15) is 20.7 Å². The zero-order chi connectivity index (χ0) is 16.4. The van der Waals surface area contributed by atoms with Gasteiger partial charge in [0.1, 0.15) is 0 Å². The molecule has 0 atom stereocenters.